The maximum absolute atomic E-state index is 5.62. The van der Waals surface area contributed by atoms with Crippen molar-refractivity contribution in [3.8, 4) is 0 Å². The summed E-state index contributed by atoms with van der Waals surface area (Å²) in [6, 6.07) is 8.26. The second kappa shape index (κ2) is 5.66. The fourth-order valence-electron chi connectivity index (χ4n) is 1.15. The molecule has 0 aliphatic carbocycles. The molecule has 0 aromatic heterocycles. The number of hydrogen-bond donors (Lipinski definition) is 0. The molecule has 1 aromatic carbocycles. The number of hydrogen-bond acceptors (Lipinski definition) is 1. The van der Waals surface area contributed by atoms with E-state index in [1.807, 2.05) is 12.1 Å². The highest BCUT2D eigenvalue weighted by Crippen LogP contribution is 2.18. The lowest BCUT2D eigenvalue weighted by molar-refractivity contribution is 0.0962. The first-order valence-electron chi connectivity index (χ1n) is 5.29. The molecule has 0 aliphatic rings. The van der Waals surface area contributed by atoms with Gasteiger partial charge in [0.1, 0.15) is 0 Å². The van der Waals surface area contributed by atoms with Crippen LogP contribution in [0.4, 0.5) is 0 Å². The zero-order valence-corrected chi connectivity index (χ0v) is 11.3. The van der Waals surface area contributed by atoms with Crippen LogP contribution in [0.1, 0.15) is 32.8 Å². The Morgan fingerprint density at radius 3 is 2.27 bits per heavy atom. The second-order valence-corrected chi connectivity index (χ2v) is 5.91. The van der Waals surface area contributed by atoms with Crippen LogP contribution in [0.15, 0.2) is 28.7 Å². The summed E-state index contributed by atoms with van der Waals surface area (Å²) in [5.41, 5.74) is 1.59. The fraction of sp³-hybridized carbons (Fsp3) is 0.538. The molecule has 0 saturated heterocycles. The van der Waals surface area contributed by atoms with E-state index < -0.39 is 0 Å². The summed E-state index contributed by atoms with van der Waals surface area (Å²) in [5, 5.41) is 0. The van der Waals surface area contributed by atoms with Gasteiger partial charge in [-0.2, -0.15) is 0 Å². The van der Waals surface area contributed by atoms with Crippen LogP contribution in [0, 0.1) is 5.41 Å². The first kappa shape index (κ1) is 12.7. The number of ether oxygens (including phenoxy) is 1. The molecule has 0 N–H and O–H groups in total. The Hall–Kier alpha value is -0.340. The van der Waals surface area contributed by atoms with Crippen molar-refractivity contribution in [1.82, 2.24) is 0 Å². The minimum Gasteiger partial charge on any atom is -0.377 e. The van der Waals surface area contributed by atoms with Crippen molar-refractivity contribution < 1.29 is 4.74 Å². The highest BCUT2D eigenvalue weighted by atomic mass is 79.9. The Kier molecular flexibility index (Phi) is 4.81. The topological polar surface area (TPSA) is 9.23 Å². The Morgan fingerprint density at radius 1 is 1.13 bits per heavy atom. The van der Waals surface area contributed by atoms with E-state index in [1.54, 1.807) is 0 Å². The summed E-state index contributed by atoms with van der Waals surface area (Å²) in [6.45, 7) is 8.24. The largest absolute Gasteiger partial charge is 0.377 e. The SMILES string of the molecule is CC(C)(C)CCOCc1ccc(Br)cc1. The van der Waals surface area contributed by atoms with E-state index in [-0.39, 0.29) is 0 Å². The minimum absolute atomic E-state index is 0.361. The van der Waals surface area contributed by atoms with Crippen molar-refractivity contribution in [1.29, 1.82) is 0 Å². The number of benzene rings is 1. The van der Waals surface area contributed by atoms with Crippen LogP contribution in [0.2, 0.25) is 0 Å². The standard InChI is InChI=1S/C13H19BrO/c1-13(2,3)8-9-15-10-11-4-6-12(14)7-5-11/h4-7H,8-10H2,1-3H3. The summed E-state index contributed by atoms with van der Waals surface area (Å²) in [5.74, 6) is 0. The highest BCUT2D eigenvalue weighted by Gasteiger charge is 2.09. The fourth-order valence-corrected chi connectivity index (χ4v) is 1.41. The van der Waals surface area contributed by atoms with Gasteiger partial charge in [-0.05, 0) is 29.5 Å². The predicted molar refractivity (Wildman–Crippen MR) is 67.9 cm³/mol. The summed E-state index contributed by atoms with van der Waals surface area (Å²) in [7, 11) is 0. The smallest absolute Gasteiger partial charge is 0.0716 e. The maximum Gasteiger partial charge on any atom is 0.0716 e. The van der Waals surface area contributed by atoms with Gasteiger partial charge in [-0.3, -0.25) is 0 Å². The molecule has 1 nitrogen and oxygen atoms in total. The van der Waals surface area contributed by atoms with Crippen LogP contribution in [-0.2, 0) is 11.3 Å². The van der Waals surface area contributed by atoms with E-state index >= 15 is 0 Å². The predicted octanol–water partition coefficient (Wildman–Crippen LogP) is 4.40. The molecule has 0 unspecified atom stereocenters. The van der Waals surface area contributed by atoms with Crippen molar-refractivity contribution in [2.75, 3.05) is 6.61 Å². The minimum atomic E-state index is 0.361. The van der Waals surface area contributed by atoms with E-state index in [4.69, 9.17) is 4.74 Å². The molecule has 0 aliphatic heterocycles. The Morgan fingerprint density at radius 2 is 1.73 bits per heavy atom. The van der Waals surface area contributed by atoms with Crippen LogP contribution in [0.5, 0.6) is 0 Å². The first-order valence-corrected chi connectivity index (χ1v) is 6.09. The molecule has 0 fully saturated rings. The van der Waals surface area contributed by atoms with Gasteiger partial charge in [0.05, 0.1) is 6.61 Å². The van der Waals surface area contributed by atoms with Crippen molar-refractivity contribution >= 4 is 15.9 Å². The molecular formula is C13H19BrO. The van der Waals surface area contributed by atoms with E-state index in [9.17, 15) is 0 Å². The molecular weight excluding hydrogens is 252 g/mol. The van der Waals surface area contributed by atoms with Gasteiger partial charge in [-0.1, -0.05) is 48.8 Å². The van der Waals surface area contributed by atoms with Crippen molar-refractivity contribution in [2.24, 2.45) is 5.41 Å². The molecule has 84 valence electrons. The van der Waals surface area contributed by atoms with Gasteiger partial charge in [0.25, 0.3) is 0 Å². The highest BCUT2D eigenvalue weighted by molar-refractivity contribution is 9.10. The third-order valence-electron chi connectivity index (χ3n) is 2.18. The maximum atomic E-state index is 5.62. The van der Waals surface area contributed by atoms with E-state index in [0.29, 0.717) is 12.0 Å². The summed E-state index contributed by atoms with van der Waals surface area (Å²) < 4.78 is 6.73. The van der Waals surface area contributed by atoms with Crippen LogP contribution in [-0.4, -0.2) is 6.61 Å². The molecule has 0 atom stereocenters. The van der Waals surface area contributed by atoms with Gasteiger partial charge in [0, 0.05) is 11.1 Å². The molecule has 0 saturated carbocycles. The van der Waals surface area contributed by atoms with Gasteiger partial charge in [-0.15, -0.1) is 0 Å². The monoisotopic (exact) mass is 270 g/mol. The van der Waals surface area contributed by atoms with E-state index in [0.717, 1.165) is 17.5 Å². The molecule has 0 radical (unpaired) electrons. The van der Waals surface area contributed by atoms with E-state index in [2.05, 4.69) is 48.8 Å². The lowest BCUT2D eigenvalue weighted by Gasteiger charge is -2.17. The first-order chi connectivity index (χ1) is 6.97. The quantitative estimate of drug-likeness (QED) is 0.737. The van der Waals surface area contributed by atoms with Gasteiger partial charge >= 0.3 is 0 Å². The lowest BCUT2D eigenvalue weighted by Crippen LogP contribution is -2.09. The molecule has 15 heavy (non-hydrogen) atoms. The zero-order valence-electron chi connectivity index (χ0n) is 9.72. The van der Waals surface area contributed by atoms with Gasteiger partial charge in [-0.25, -0.2) is 0 Å². The van der Waals surface area contributed by atoms with Crippen LogP contribution in [0.25, 0.3) is 0 Å². The average Bonchev–Trinajstić information content (AvgIpc) is 2.14. The Bertz CT molecular complexity index is 284. The van der Waals surface area contributed by atoms with Gasteiger partial charge in [0.15, 0.2) is 0 Å². The van der Waals surface area contributed by atoms with Crippen molar-refractivity contribution in [3.63, 3.8) is 0 Å². The number of halogens is 1. The van der Waals surface area contributed by atoms with Crippen LogP contribution in [0.3, 0.4) is 0 Å². The lowest BCUT2D eigenvalue weighted by atomic mass is 9.93. The third kappa shape index (κ3) is 5.95. The summed E-state index contributed by atoms with van der Waals surface area (Å²) in [6.07, 6.45) is 1.10. The van der Waals surface area contributed by atoms with Crippen molar-refractivity contribution in [2.45, 2.75) is 33.8 Å². The second-order valence-electron chi connectivity index (χ2n) is 4.99. The van der Waals surface area contributed by atoms with Crippen LogP contribution < -0.4 is 0 Å². The molecule has 0 heterocycles. The Balaban J connectivity index is 2.23. The van der Waals surface area contributed by atoms with E-state index in [1.165, 1.54) is 5.56 Å². The number of rotatable bonds is 4. The molecule has 1 rings (SSSR count). The molecule has 0 amide bonds. The van der Waals surface area contributed by atoms with Gasteiger partial charge in [0.2, 0.25) is 0 Å². The molecule has 0 spiro atoms. The average molecular weight is 271 g/mol. The molecule has 2 heteroatoms. The normalized spacial score (nSPS) is 11.7. The van der Waals surface area contributed by atoms with Crippen LogP contribution >= 0.6 is 15.9 Å². The zero-order chi connectivity index (χ0) is 11.3. The summed E-state index contributed by atoms with van der Waals surface area (Å²) in [4.78, 5) is 0. The van der Waals surface area contributed by atoms with Crippen molar-refractivity contribution in [3.05, 3.63) is 34.3 Å². The van der Waals surface area contributed by atoms with Gasteiger partial charge < -0.3 is 4.74 Å². The summed E-state index contributed by atoms with van der Waals surface area (Å²) >= 11 is 3.41. The molecule has 1 aromatic rings. The Labute approximate surface area is 101 Å². The molecule has 0 bridgehead atoms. The third-order valence-corrected chi connectivity index (χ3v) is 2.71.